The Morgan fingerprint density at radius 3 is 1.77 bits per heavy atom. The number of rotatable bonds is 5. The monoisotopic (exact) mass is 368 g/mol. The maximum Gasteiger partial charge on any atom is 0.313 e. The van der Waals surface area contributed by atoms with Crippen LogP contribution in [0.1, 0.15) is 33.1 Å². The lowest BCUT2D eigenvalue weighted by molar-refractivity contribution is -0.165. The van der Waals surface area contributed by atoms with Crippen LogP contribution in [0.2, 0.25) is 5.04 Å². The van der Waals surface area contributed by atoms with Gasteiger partial charge < -0.3 is 9.53 Å². The molecule has 0 saturated carbocycles. The molecule has 1 heterocycles. The zero-order chi connectivity index (χ0) is 18.8. The second-order valence-corrected chi connectivity index (χ2v) is 11.6. The Bertz CT molecular complexity index is 731. The SMILES string of the molecule is CC(C)(CC1CC(=O)OC(=O)C1)[Si](O)(c1ccccc1)c1ccccc1. The van der Waals surface area contributed by atoms with Gasteiger partial charge in [-0.15, -0.1) is 0 Å². The van der Waals surface area contributed by atoms with Crippen molar-refractivity contribution in [2.75, 3.05) is 0 Å². The van der Waals surface area contributed by atoms with Gasteiger partial charge in [-0.2, -0.15) is 0 Å². The van der Waals surface area contributed by atoms with Gasteiger partial charge in [-0.1, -0.05) is 74.5 Å². The molecule has 0 spiro atoms. The van der Waals surface area contributed by atoms with Crippen molar-refractivity contribution in [3.63, 3.8) is 0 Å². The summed E-state index contributed by atoms with van der Waals surface area (Å²) in [7, 11) is -3.12. The fraction of sp³-hybridized carbons (Fsp3) is 0.333. The van der Waals surface area contributed by atoms with Crippen molar-refractivity contribution >= 4 is 30.6 Å². The van der Waals surface area contributed by atoms with Gasteiger partial charge in [0.25, 0.3) is 8.32 Å². The van der Waals surface area contributed by atoms with Crippen LogP contribution >= 0.6 is 0 Å². The van der Waals surface area contributed by atoms with Crippen molar-refractivity contribution in [3.05, 3.63) is 60.7 Å². The zero-order valence-corrected chi connectivity index (χ0v) is 16.1. The third-order valence-corrected chi connectivity index (χ3v) is 9.80. The molecule has 0 radical (unpaired) electrons. The lowest BCUT2D eigenvalue weighted by Gasteiger charge is -2.43. The molecule has 1 saturated heterocycles. The van der Waals surface area contributed by atoms with E-state index in [4.69, 9.17) is 0 Å². The summed E-state index contributed by atoms with van der Waals surface area (Å²) in [5.74, 6) is -1.04. The number of ether oxygens (including phenoxy) is 1. The molecule has 5 heteroatoms. The molecule has 1 fully saturated rings. The second kappa shape index (κ2) is 7.17. The van der Waals surface area contributed by atoms with Crippen molar-refractivity contribution in [2.24, 2.45) is 5.92 Å². The highest BCUT2D eigenvalue weighted by Crippen LogP contribution is 2.43. The summed E-state index contributed by atoms with van der Waals surface area (Å²) in [6.45, 7) is 4.09. The lowest BCUT2D eigenvalue weighted by atomic mass is 9.89. The van der Waals surface area contributed by atoms with Gasteiger partial charge in [0, 0.05) is 12.8 Å². The number of carbonyl (C=O) groups excluding carboxylic acids is 2. The summed E-state index contributed by atoms with van der Waals surface area (Å²) >= 11 is 0. The molecule has 0 atom stereocenters. The van der Waals surface area contributed by atoms with Gasteiger partial charge in [0.15, 0.2) is 0 Å². The molecule has 136 valence electrons. The normalized spacial score (nSPS) is 16.4. The smallest absolute Gasteiger partial charge is 0.313 e. The van der Waals surface area contributed by atoms with Gasteiger partial charge in [0.1, 0.15) is 0 Å². The van der Waals surface area contributed by atoms with Crippen molar-refractivity contribution in [3.8, 4) is 0 Å². The minimum atomic E-state index is -3.12. The fourth-order valence-corrected chi connectivity index (χ4v) is 7.90. The summed E-state index contributed by atoms with van der Waals surface area (Å²) in [5.41, 5.74) is 0. The van der Waals surface area contributed by atoms with Crippen LogP contribution in [0.15, 0.2) is 60.7 Å². The summed E-state index contributed by atoms with van der Waals surface area (Å²) in [4.78, 5) is 35.4. The number of cyclic esters (lactones) is 2. The topological polar surface area (TPSA) is 63.6 Å². The first kappa shape index (κ1) is 18.5. The molecule has 1 aliphatic heterocycles. The predicted octanol–water partition coefficient (Wildman–Crippen LogP) is 2.39. The van der Waals surface area contributed by atoms with E-state index in [1.54, 1.807) is 0 Å². The standard InChI is InChI=1S/C21H24O4Si/c1-21(2,15-16-13-19(22)25-20(23)14-16)26(24,17-9-5-3-6-10-17)18-11-7-4-8-12-18/h3-12,16,24H,13-15H2,1-2H3. The first-order valence-corrected chi connectivity index (χ1v) is 10.8. The minimum Gasteiger partial charge on any atom is -0.424 e. The predicted molar refractivity (Wildman–Crippen MR) is 103 cm³/mol. The van der Waals surface area contributed by atoms with Crippen molar-refractivity contribution in [1.82, 2.24) is 0 Å². The van der Waals surface area contributed by atoms with Crippen molar-refractivity contribution < 1.29 is 19.1 Å². The fourth-order valence-electron chi connectivity index (χ4n) is 4.07. The van der Waals surface area contributed by atoms with Crippen LogP contribution in [0.4, 0.5) is 0 Å². The molecular weight excluding hydrogens is 344 g/mol. The molecular formula is C21H24O4Si. The van der Waals surface area contributed by atoms with Gasteiger partial charge in [0.2, 0.25) is 0 Å². The minimum absolute atomic E-state index is 0.106. The van der Waals surface area contributed by atoms with Crippen LogP contribution in [0, 0.1) is 5.92 Å². The Morgan fingerprint density at radius 2 is 1.35 bits per heavy atom. The van der Waals surface area contributed by atoms with Gasteiger partial charge >= 0.3 is 11.9 Å². The average Bonchev–Trinajstić information content (AvgIpc) is 2.61. The Balaban J connectivity index is 2.01. The second-order valence-electron chi connectivity index (χ2n) is 7.65. The number of hydrogen-bond acceptors (Lipinski definition) is 4. The maximum absolute atomic E-state index is 12.1. The average molecular weight is 369 g/mol. The molecule has 4 nitrogen and oxygen atoms in total. The molecule has 2 aromatic rings. The van der Waals surface area contributed by atoms with E-state index in [0.29, 0.717) is 6.42 Å². The van der Waals surface area contributed by atoms with Gasteiger partial charge in [-0.05, 0) is 27.8 Å². The highest BCUT2D eigenvalue weighted by Gasteiger charge is 2.51. The molecule has 1 N–H and O–H groups in total. The van der Waals surface area contributed by atoms with Crippen LogP contribution < -0.4 is 10.4 Å². The van der Waals surface area contributed by atoms with E-state index in [9.17, 15) is 14.4 Å². The number of carbonyl (C=O) groups is 2. The Kier molecular flexibility index (Phi) is 5.12. The lowest BCUT2D eigenvalue weighted by Crippen LogP contribution is -2.65. The van der Waals surface area contributed by atoms with E-state index >= 15 is 0 Å². The highest BCUT2D eigenvalue weighted by molar-refractivity contribution is 6.98. The molecule has 0 aromatic heterocycles. The van der Waals surface area contributed by atoms with Crippen LogP contribution in [0.5, 0.6) is 0 Å². The van der Waals surface area contributed by atoms with Crippen LogP contribution in [0.3, 0.4) is 0 Å². The molecule has 0 aliphatic carbocycles. The van der Waals surface area contributed by atoms with E-state index in [0.717, 1.165) is 10.4 Å². The number of benzene rings is 2. The molecule has 26 heavy (non-hydrogen) atoms. The van der Waals surface area contributed by atoms with Crippen LogP contribution in [-0.2, 0) is 14.3 Å². The molecule has 3 rings (SSSR count). The van der Waals surface area contributed by atoms with E-state index in [1.807, 2.05) is 74.5 Å². The molecule has 0 bridgehead atoms. The van der Waals surface area contributed by atoms with E-state index < -0.39 is 25.3 Å². The van der Waals surface area contributed by atoms with Gasteiger partial charge in [-0.25, -0.2) is 0 Å². The first-order chi connectivity index (χ1) is 12.3. The third-order valence-electron chi connectivity index (χ3n) is 5.30. The van der Waals surface area contributed by atoms with Crippen molar-refractivity contribution in [1.29, 1.82) is 0 Å². The van der Waals surface area contributed by atoms with E-state index in [-0.39, 0.29) is 18.8 Å². The zero-order valence-electron chi connectivity index (χ0n) is 15.1. The summed E-state index contributed by atoms with van der Waals surface area (Å²) in [6, 6.07) is 19.5. The Morgan fingerprint density at radius 1 is 0.923 bits per heavy atom. The Labute approximate surface area is 155 Å². The number of esters is 2. The van der Waals surface area contributed by atoms with Crippen LogP contribution in [0.25, 0.3) is 0 Å². The molecule has 2 aromatic carbocycles. The first-order valence-electron chi connectivity index (χ1n) is 8.90. The van der Waals surface area contributed by atoms with E-state index in [2.05, 4.69) is 4.74 Å². The van der Waals surface area contributed by atoms with E-state index in [1.165, 1.54) is 0 Å². The van der Waals surface area contributed by atoms with Gasteiger partial charge in [-0.3, -0.25) is 9.59 Å². The largest absolute Gasteiger partial charge is 0.424 e. The summed E-state index contributed by atoms with van der Waals surface area (Å²) < 4.78 is 4.66. The van der Waals surface area contributed by atoms with Crippen molar-refractivity contribution in [2.45, 2.75) is 38.1 Å². The molecule has 1 aliphatic rings. The highest BCUT2D eigenvalue weighted by atomic mass is 28.4. The number of hydrogen-bond donors (Lipinski definition) is 1. The Hall–Kier alpha value is -2.24. The third kappa shape index (κ3) is 3.50. The summed E-state index contributed by atoms with van der Waals surface area (Å²) in [6.07, 6.45) is 1.03. The molecule has 0 amide bonds. The van der Waals surface area contributed by atoms with Gasteiger partial charge in [0.05, 0.1) is 0 Å². The maximum atomic E-state index is 12.1. The quantitative estimate of drug-likeness (QED) is 0.500. The summed E-state index contributed by atoms with van der Waals surface area (Å²) in [5, 5.41) is 1.39. The molecule has 0 unspecified atom stereocenters. The van der Waals surface area contributed by atoms with Crippen LogP contribution in [-0.4, -0.2) is 25.1 Å².